The first-order valence-corrected chi connectivity index (χ1v) is 9.50. The number of benzene rings is 2. The monoisotopic (exact) mass is 458 g/mol. The van der Waals surface area contributed by atoms with E-state index >= 15 is 0 Å². The van der Waals surface area contributed by atoms with Crippen molar-refractivity contribution in [3.63, 3.8) is 0 Å². The van der Waals surface area contributed by atoms with Gasteiger partial charge in [-0.3, -0.25) is 0 Å². The molecule has 0 fully saturated rings. The molecule has 0 aromatic heterocycles. The summed E-state index contributed by atoms with van der Waals surface area (Å²) in [4.78, 5) is 0. The largest absolute Gasteiger partial charge is 0.492 e. The van der Waals surface area contributed by atoms with Crippen molar-refractivity contribution in [1.29, 1.82) is 0 Å². The zero-order valence-corrected chi connectivity index (χ0v) is 18.9. The SMILES string of the molecule is COCOc1ccc(-c2cc(OCOC)c(Cl)c(OCOC)c2OC)cc1OCOC. The van der Waals surface area contributed by atoms with Crippen LogP contribution in [-0.4, -0.2) is 62.7 Å². The zero-order valence-electron chi connectivity index (χ0n) is 18.2. The predicted molar refractivity (Wildman–Crippen MR) is 113 cm³/mol. The van der Waals surface area contributed by atoms with Crippen molar-refractivity contribution in [2.45, 2.75) is 0 Å². The summed E-state index contributed by atoms with van der Waals surface area (Å²) < 4.78 is 48.1. The second-order valence-electron chi connectivity index (χ2n) is 5.96. The summed E-state index contributed by atoms with van der Waals surface area (Å²) in [6.07, 6.45) is 0. The topological polar surface area (TPSA) is 83.1 Å². The van der Waals surface area contributed by atoms with Crippen molar-refractivity contribution in [1.82, 2.24) is 0 Å². The van der Waals surface area contributed by atoms with Crippen LogP contribution in [0, 0.1) is 0 Å². The van der Waals surface area contributed by atoms with Gasteiger partial charge in [-0.1, -0.05) is 17.7 Å². The molecule has 0 heterocycles. The summed E-state index contributed by atoms with van der Waals surface area (Å²) in [6.45, 7) is 0.0718. The van der Waals surface area contributed by atoms with Crippen LogP contribution in [0.5, 0.6) is 28.7 Å². The quantitative estimate of drug-likeness (QED) is 0.391. The lowest BCUT2D eigenvalue weighted by molar-refractivity contribution is 0.0323. The van der Waals surface area contributed by atoms with Crippen LogP contribution in [-0.2, 0) is 18.9 Å². The molecule has 31 heavy (non-hydrogen) atoms. The molecular formula is C21H27ClO9. The van der Waals surface area contributed by atoms with Gasteiger partial charge in [-0.2, -0.15) is 0 Å². The lowest BCUT2D eigenvalue weighted by atomic mass is 10.0. The maximum atomic E-state index is 6.49. The van der Waals surface area contributed by atoms with Crippen LogP contribution in [0.2, 0.25) is 5.02 Å². The van der Waals surface area contributed by atoms with Crippen molar-refractivity contribution in [3.05, 3.63) is 29.3 Å². The highest BCUT2D eigenvalue weighted by Gasteiger charge is 2.22. The van der Waals surface area contributed by atoms with Crippen molar-refractivity contribution >= 4 is 11.6 Å². The Kier molecular flexibility index (Phi) is 10.5. The molecule has 0 aliphatic rings. The summed E-state index contributed by atoms with van der Waals surface area (Å²) in [6, 6.07) is 7.08. The molecule has 2 rings (SSSR count). The maximum absolute atomic E-state index is 6.49. The third-order valence-electron chi connectivity index (χ3n) is 3.92. The summed E-state index contributed by atoms with van der Waals surface area (Å²) in [7, 11) is 7.60. The van der Waals surface area contributed by atoms with Crippen molar-refractivity contribution < 1.29 is 42.6 Å². The lowest BCUT2D eigenvalue weighted by Gasteiger charge is -2.19. The third-order valence-corrected chi connectivity index (χ3v) is 4.28. The fourth-order valence-electron chi connectivity index (χ4n) is 2.64. The fraction of sp³-hybridized carbons (Fsp3) is 0.429. The van der Waals surface area contributed by atoms with Gasteiger partial charge in [0.2, 0.25) is 0 Å². The van der Waals surface area contributed by atoms with Gasteiger partial charge in [-0.15, -0.1) is 0 Å². The van der Waals surface area contributed by atoms with Crippen molar-refractivity contribution in [2.75, 3.05) is 62.7 Å². The van der Waals surface area contributed by atoms with Crippen LogP contribution in [0.25, 0.3) is 11.1 Å². The normalized spacial score (nSPS) is 10.6. The molecule has 0 aliphatic heterocycles. The summed E-state index contributed by atoms with van der Waals surface area (Å²) >= 11 is 6.49. The van der Waals surface area contributed by atoms with Gasteiger partial charge in [-0.05, 0) is 23.8 Å². The number of rotatable bonds is 14. The Morgan fingerprint density at radius 1 is 0.613 bits per heavy atom. The zero-order chi connectivity index (χ0) is 22.6. The van der Waals surface area contributed by atoms with Crippen LogP contribution in [0.15, 0.2) is 24.3 Å². The first-order chi connectivity index (χ1) is 15.1. The van der Waals surface area contributed by atoms with E-state index in [1.54, 1.807) is 18.2 Å². The van der Waals surface area contributed by atoms with E-state index in [4.69, 9.17) is 54.2 Å². The molecule has 0 unspecified atom stereocenters. The van der Waals surface area contributed by atoms with E-state index in [2.05, 4.69) is 0 Å². The number of halogens is 1. The molecule has 9 nitrogen and oxygen atoms in total. The van der Waals surface area contributed by atoms with Gasteiger partial charge < -0.3 is 42.6 Å². The van der Waals surface area contributed by atoms with Gasteiger partial charge in [-0.25, -0.2) is 0 Å². The molecule has 172 valence electrons. The third kappa shape index (κ3) is 6.52. The smallest absolute Gasteiger partial charge is 0.188 e. The van der Waals surface area contributed by atoms with E-state index in [0.29, 0.717) is 28.6 Å². The molecule has 0 radical (unpaired) electrons. The molecule has 0 saturated carbocycles. The van der Waals surface area contributed by atoms with Gasteiger partial charge in [0.25, 0.3) is 0 Å². The average molecular weight is 459 g/mol. The molecule has 10 heteroatoms. The Hall–Kier alpha value is -2.43. The highest BCUT2D eigenvalue weighted by molar-refractivity contribution is 6.34. The highest BCUT2D eigenvalue weighted by Crippen LogP contribution is 2.49. The fourth-order valence-corrected chi connectivity index (χ4v) is 2.89. The van der Waals surface area contributed by atoms with Crippen LogP contribution < -0.4 is 23.7 Å². The lowest BCUT2D eigenvalue weighted by Crippen LogP contribution is -2.06. The van der Waals surface area contributed by atoms with E-state index in [1.807, 2.05) is 6.07 Å². The van der Waals surface area contributed by atoms with E-state index in [9.17, 15) is 0 Å². The van der Waals surface area contributed by atoms with Crippen LogP contribution in [0.1, 0.15) is 0 Å². The first-order valence-electron chi connectivity index (χ1n) is 9.13. The predicted octanol–water partition coefficient (Wildman–Crippen LogP) is 3.95. The summed E-state index contributed by atoms with van der Waals surface area (Å²) in [5.41, 5.74) is 1.37. The molecule has 0 bridgehead atoms. The average Bonchev–Trinajstić information content (AvgIpc) is 2.79. The van der Waals surface area contributed by atoms with Gasteiger partial charge in [0, 0.05) is 34.0 Å². The molecule has 0 amide bonds. The minimum absolute atomic E-state index is 0.00119. The summed E-state index contributed by atoms with van der Waals surface area (Å²) in [5, 5.41) is 0.227. The molecule has 0 N–H and O–H groups in total. The number of hydrogen-bond donors (Lipinski definition) is 0. The van der Waals surface area contributed by atoms with Gasteiger partial charge in [0.05, 0.1) is 7.11 Å². The Morgan fingerprint density at radius 2 is 1.16 bits per heavy atom. The van der Waals surface area contributed by atoms with E-state index < -0.39 is 0 Å². The number of ether oxygens (including phenoxy) is 9. The van der Waals surface area contributed by atoms with E-state index in [0.717, 1.165) is 5.56 Å². The van der Waals surface area contributed by atoms with E-state index in [1.165, 1.54) is 35.5 Å². The van der Waals surface area contributed by atoms with Crippen LogP contribution >= 0.6 is 11.6 Å². The summed E-state index contributed by atoms with van der Waals surface area (Å²) in [5.74, 6) is 1.96. The molecule has 0 saturated heterocycles. The number of methoxy groups -OCH3 is 5. The number of hydrogen-bond acceptors (Lipinski definition) is 9. The van der Waals surface area contributed by atoms with Crippen molar-refractivity contribution in [3.8, 4) is 39.9 Å². The molecule has 2 aromatic rings. The molecule has 2 aromatic carbocycles. The van der Waals surface area contributed by atoms with Gasteiger partial charge in [0.15, 0.2) is 50.2 Å². The Morgan fingerprint density at radius 3 is 1.74 bits per heavy atom. The minimum atomic E-state index is -0.0325. The molecule has 0 spiro atoms. The second kappa shape index (κ2) is 13.1. The highest BCUT2D eigenvalue weighted by atomic mass is 35.5. The van der Waals surface area contributed by atoms with Gasteiger partial charge in [0.1, 0.15) is 10.8 Å². The van der Waals surface area contributed by atoms with Crippen LogP contribution in [0.3, 0.4) is 0 Å². The van der Waals surface area contributed by atoms with Crippen molar-refractivity contribution in [2.24, 2.45) is 0 Å². The maximum Gasteiger partial charge on any atom is 0.188 e. The standard InChI is InChI=1S/C21H27ClO9/c1-23-10-28-16-7-6-14(8-17(16)29-11-24-2)15-9-18(30-12-25-3)19(22)21(20(15)27-5)31-13-26-4/h6-9H,10-13H2,1-5H3. The molecule has 0 aliphatic carbocycles. The van der Waals surface area contributed by atoms with Crippen LogP contribution in [0.4, 0.5) is 0 Å². The Labute approximate surface area is 186 Å². The van der Waals surface area contributed by atoms with Gasteiger partial charge >= 0.3 is 0 Å². The molecular weight excluding hydrogens is 432 g/mol. The molecule has 0 atom stereocenters. The Balaban J connectivity index is 2.60. The first kappa shape index (κ1) is 24.8. The minimum Gasteiger partial charge on any atom is -0.492 e. The second-order valence-corrected chi connectivity index (χ2v) is 6.34. The Bertz CT molecular complexity index is 829. The van der Waals surface area contributed by atoms with E-state index in [-0.39, 0.29) is 37.9 Å².